The van der Waals surface area contributed by atoms with E-state index >= 15 is 0 Å². The van der Waals surface area contributed by atoms with Crippen LogP contribution in [0.1, 0.15) is 24.0 Å². The Morgan fingerprint density at radius 1 is 1.09 bits per heavy atom. The van der Waals surface area contributed by atoms with Gasteiger partial charge in [0.05, 0.1) is 13.3 Å². The summed E-state index contributed by atoms with van der Waals surface area (Å²) in [5, 5.41) is 0. The first-order valence-electron chi connectivity index (χ1n) is 8.07. The second kappa shape index (κ2) is 5.65. The van der Waals surface area contributed by atoms with Crippen molar-refractivity contribution in [2.24, 2.45) is 0 Å². The average molecular weight is 294 g/mol. The molecule has 3 heteroatoms. The van der Waals surface area contributed by atoms with Crippen molar-refractivity contribution in [2.45, 2.75) is 32.1 Å². The van der Waals surface area contributed by atoms with Crippen LogP contribution in [0.15, 0.2) is 48.5 Å². The van der Waals surface area contributed by atoms with Gasteiger partial charge in [0.1, 0.15) is 5.75 Å². The van der Waals surface area contributed by atoms with Gasteiger partial charge in [0.2, 0.25) is 0 Å². The van der Waals surface area contributed by atoms with Gasteiger partial charge in [-0.25, -0.2) is 0 Å². The molecule has 114 valence electrons. The molecule has 2 aromatic carbocycles. The molecule has 0 saturated carbocycles. The lowest BCUT2D eigenvalue weighted by atomic mass is 10.1. The number of anilines is 1. The van der Waals surface area contributed by atoms with E-state index in [-0.39, 0.29) is 0 Å². The van der Waals surface area contributed by atoms with Gasteiger partial charge in [-0.15, -0.1) is 0 Å². The zero-order chi connectivity index (χ0) is 14.9. The fourth-order valence-electron chi connectivity index (χ4n) is 3.79. The van der Waals surface area contributed by atoms with Gasteiger partial charge in [0, 0.05) is 25.3 Å². The summed E-state index contributed by atoms with van der Waals surface area (Å²) in [4.78, 5) is 5.19. The minimum Gasteiger partial charge on any atom is -0.497 e. The van der Waals surface area contributed by atoms with Gasteiger partial charge in [0.15, 0.2) is 0 Å². The largest absolute Gasteiger partial charge is 0.497 e. The molecule has 2 aromatic rings. The molecule has 0 bridgehead atoms. The molecule has 2 heterocycles. The highest BCUT2D eigenvalue weighted by atomic mass is 16.5. The number of hydrogen-bond donors (Lipinski definition) is 0. The number of fused-ring (bicyclic) bond motifs is 3. The summed E-state index contributed by atoms with van der Waals surface area (Å²) in [6.45, 7) is 3.23. The van der Waals surface area contributed by atoms with Crippen LogP contribution in [0.25, 0.3) is 0 Å². The van der Waals surface area contributed by atoms with Crippen molar-refractivity contribution >= 4 is 5.69 Å². The Kier molecular flexibility index (Phi) is 3.51. The number of para-hydroxylation sites is 1. The Hall–Kier alpha value is -2.00. The third-order valence-electron chi connectivity index (χ3n) is 4.86. The topological polar surface area (TPSA) is 15.7 Å². The van der Waals surface area contributed by atoms with E-state index < -0.39 is 0 Å². The molecule has 0 spiro atoms. The maximum atomic E-state index is 5.25. The molecule has 0 N–H and O–H groups in total. The van der Waals surface area contributed by atoms with E-state index in [1.807, 2.05) is 0 Å². The first-order valence-corrected chi connectivity index (χ1v) is 8.07. The van der Waals surface area contributed by atoms with Gasteiger partial charge in [0.25, 0.3) is 0 Å². The van der Waals surface area contributed by atoms with Gasteiger partial charge >= 0.3 is 0 Å². The van der Waals surface area contributed by atoms with E-state index in [9.17, 15) is 0 Å². The first-order chi connectivity index (χ1) is 10.8. The van der Waals surface area contributed by atoms with E-state index in [0.29, 0.717) is 6.17 Å². The highest BCUT2D eigenvalue weighted by Gasteiger charge is 2.35. The van der Waals surface area contributed by atoms with Crippen LogP contribution in [-0.2, 0) is 13.1 Å². The van der Waals surface area contributed by atoms with Gasteiger partial charge in [-0.2, -0.15) is 0 Å². The molecule has 2 aliphatic heterocycles. The van der Waals surface area contributed by atoms with Crippen LogP contribution in [0.3, 0.4) is 0 Å². The monoisotopic (exact) mass is 294 g/mol. The van der Waals surface area contributed by atoms with Crippen LogP contribution in [-0.4, -0.2) is 24.7 Å². The third kappa shape index (κ3) is 2.35. The van der Waals surface area contributed by atoms with Gasteiger partial charge < -0.3 is 9.64 Å². The molecular formula is C19H22N2O. The molecule has 22 heavy (non-hydrogen) atoms. The lowest BCUT2D eigenvalue weighted by Crippen LogP contribution is -2.47. The number of methoxy groups -OCH3 is 1. The Balaban J connectivity index is 1.59. The number of hydrogen-bond acceptors (Lipinski definition) is 3. The maximum Gasteiger partial charge on any atom is 0.118 e. The molecule has 0 aromatic heterocycles. The summed E-state index contributed by atoms with van der Waals surface area (Å²) < 4.78 is 5.25. The third-order valence-corrected chi connectivity index (χ3v) is 4.86. The molecule has 3 nitrogen and oxygen atoms in total. The smallest absolute Gasteiger partial charge is 0.118 e. The molecule has 1 fully saturated rings. The second-order valence-electron chi connectivity index (χ2n) is 6.20. The molecule has 0 aliphatic carbocycles. The van der Waals surface area contributed by atoms with Crippen LogP contribution in [0.2, 0.25) is 0 Å². The molecule has 0 radical (unpaired) electrons. The van der Waals surface area contributed by atoms with Gasteiger partial charge in [-0.05, 0) is 42.2 Å². The van der Waals surface area contributed by atoms with Crippen molar-refractivity contribution < 1.29 is 4.74 Å². The minimum absolute atomic E-state index is 0.553. The zero-order valence-corrected chi connectivity index (χ0v) is 13.0. The van der Waals surface area contributed by atoms with Crippen molar-refractivity contribution in [1.29, 1.82) is 0 Å². The molecule has 0 amide bonds. The lowest BCUT2D eigenvalue weighted by molar-refractivity contribution is 0.172. The average Bonchev–Trinajstić information content (AvgIpc) is 3.06. The molecule has 0 unspecified atom stereocenters. The molecular weight excluding hydrogens is 272 g/mol. The fourth-order valence-corrected chi connectivity index (χ4v) is 3.79. The number of benzene rings is 2. The molecule has 1 saturated heterocycles. The summed E-state index contributed by atoms with van der Waals surface area (Å²) in [6.07, 6.45) is 3.11. The van der Waals surface area contributed by atoms with Crippen molar-refractivity contribution in [3.05, 3.63) is 59.7 Å². The van der Waals surface area contributed by atoms with E-state index in [4.69, 9.17) is 4.74 Å². The Morgan fingerprint density at radius 2 is 1.91 bits per heavy atom. The quantitative estimate of drug-likeness (QED) is 0.859. The van der Waals surface area contributed by atoms with Crippen LogP contribution in [0.4, 0.5) is 5.69 Å². The highest BCUT2D eigenvalue weighted by molar-refractivity contribution is 5.56. The summed E-state index contributed by atoms with van der Waals surface area (Å²) >= 11 is 0. The molecule has 4 rings (SSSR count). The Labute approximate surface area is 132 Å². The van der Waals surface area contributed by atoms with Crippen molar-refractivity contribution in [3.63, 3.8) is 0 Å². The number of rotatable bonds is 3. The number of ether oxygens (including phenoxy) is 1. The summed E-state index contributed by atoms with van der Waals surface area (Å²) in [7, 11) is 1.72. The van der Waals surface area contributed by atoms with E-state index in [2.05, 4.69) is 58.3 Å². The van der Waals surface area contributed by atoms with Crippen LogP contribution >= 0.6 is 0 Å². The van der Waals surface area contributed by atoms with Crippen molar-refractivity contribution in [1.82, 2.24) is 4.90 Å². The van der Waals surface area contributed by atoms with E-state index in [1.165, 1.54) is 36.2 Å². The fraction of sp³-hybridized carbons (Fsp3) is 0.368. The van der Waals surface area contributed by atoms with E-state index in [1.54, 1.807) is 7.11 Å². The summed E-state index contributed by atoms with van der Waals surface area (Å²) in [5.41, 5.74) is 4.25. The Morgan fingerprint density at radius 3 is 2.73 bits per heavy atom. The zero-order valence-electron chi connectivity index (χ0n) is 13.0. The lowest BCUT2D eigenvalue weighted by Gasteiger charge is -2.42. The van der Waals surface area contributed by atoms with E-state index in [0.717, 1.165) is 18.8 Å². The maximum absolute atomic E-state index is 5.25. The van der Waals surface area contributed by atoms with Crippen LogP contribution in [0.5, 0.6) is 5.75 Å². The second-order valence-corrected chi connectivity index (χ2v) is 6.20. The predicted molar refractivity (Wildman–Crippen MR) is 89.1 cm³/mol. The minimum atomic E-state index is 0.553. The summed E-state index contributed by atoms with van der Waals surface area (Å²) in [5.74, 6) is 0.926. The van der Waals surface area contributed by atoms with Gasteiger partial charge in [-0.3, -0.25) is 4.90 Å². The first kappa shape index (κ1) is 13.6. The normalized spacial score (nSPS) is 20.6. The number of nitrogens with zero attached hydrogens (tertiary/aromatic N) is 2. The standard InChI is InChI=1S/C19H22N2O/c1-22-17-10-8-15(9-11-17)13-20-14-16-5-2-3-6-18(16)21-12-4-7-19(20)21/h2-3,5-6,8-11,19H,4,7,12-14H2,1H3/t19-/m1/s1. The van der Waals surface area contributed by atoms with Gasteiger partial charge in [-0.1, -0.05) is 30.3 Å². The SMILES string of the molecule is COc1ccc(CN2Cc3ccccc3N3CCC[C@H]23)cc1. The predicted octanol–water partition coefficient (Wildman–Crippen LogP) is 3.64. The van der Waals surface area contributed by atoms with Crippen molar-refractivity contribution in [2.75, 3.05) is 18.6 Å². The molecule has 2 aliphatic rings. The van der Waals surface area contributed by atoms with Crippen molar-refractivity contribution in [3.8, 4) is 5.75 Å². The summed E-state index contributed by atoms with van der Waals surface area (Å²) in [6, 6.07) is 17.3. The molecule has 1 atom stereocenters. The van der Waals surface area contributed by atoms with Crippen LogP contribution < -0.4 is 9.64 Å². The highest BCUT2D eigenvalue weighted by Crippen LogP contribution is 2.36. The Bertz CT molecular complexity index is 653. The van der Waals surface area contributed by atoms with Crippen LogP contribution in [0, 0.1) is 0 Å².